The summed E-state index contributed by atoms with van der Waals surface area (Å²) in [6.45, 7) is 0. The molecule has 0 heterocycles. The van der Waals surface area contributed by atoms with Crippen molar-refractivity contribution in [1.82, 2.24) is 0 Å². The van der Waals surface area contributed by atoms with Crippen molar-refractivity contribution in [3.8, 4) is 11.5 Å². The second-order valence-electron chi connectivity index (χ2n) is 3.95. The number of nitro benzene ring substituents is 1. The van der Waals surface area contributed by atoms with E-state index in [2.05, 4.69) is 15.9 Å². The molecule has 0 aromatic heterocycles. The van der Waals surface area contributed by atoms with Gasteiger partial charge in [0.25, 0.3) is 0 Å². The summed E-state index contributed by atoms with van der Waals surface area (Å²) in [5.74, 6) is 0.308. The van der Waals surface area contributed by atoms with Gasteiger partial charge in [0.1, 0.15) is 5.75 Å². The molecule has 0 saturated heterocycles. The molecule has 0 atom stereocenters. The number of benzene rings is 2. The lowest BCUT2D eigenvalue weighted by molar-refractivity contribution is -0.385. The van der Waals surface area contributed by atoms with Crippen molar-refractivity contribution < 1.29 is 9.66 Å². The van der Waals surface area contributed by atoms with Crippen LogP contribution >= 0.6 is 50.7 Å². The van der Waals surface area contributed by atoms with Gasteiger partial charge in [0.15, 0.2) is 0 Å². The number of para-hydroxylation sites is 1. The average Bonchev–Trinajstić information content (AvgIpc) is 2.44. The van der Waals surface area contributed by atoms with E-state index < -0.39 is 4.92 Å². The average molecular weight is 411 g/mol. The van der Waals surface area contributed by atoms with Gasteiger partial charge < -0.3 is 4.74 Å². The van der Waals surface area contributed by atoms with Crippen molar-refractivity contribution in [3.05, 3.63) is 61.1 Å². The minimum Gasteiger partial charge on any atom is -0.448 e. The van der Waals surface area contributed by atoms with Crippen LogP contribution in [0, 0.1) is 10.1 Å². The second kappa shape index (κ2) is 6.83. The first kappa shape index (κ1) is 16.4. The predicted octanol–water partition coefficient (Wildman–Crippen LogP) is 6.24. The molecule has 2 aromatic carbocycles. The number of nitro groups is 1. The monoisotopic (exact) mass is 409 g/mol. The lowest BCUT2D eigenvalue weighted by Gasteiger charge is -2.12. The van der Waals surface area contributed by atoms with Crippen molar-refractivity contribution in [2.75, 3.05) is 0 Å². The molecule has 8 heteroatoms. The molecule has 0 saturated carbocycles. The van der Waals surface area contributed by atoms with Crippen molar-refractivity contribution in [3.63, 3.8) is 0 Å². The van der Waals surface area contributed by atoms with Crippen LogP contribution in [-0.2, 0) is 5.33 Å². The molecule has 0 radical (unpaired) electrons. The lowest BCUT2D eigenvalue weighted by Crippen LogP contribution is -1.96. The van der Waals surface area contributed by atoms with Crippen LogP contribution in [0.5, 0.6) is 11.5 Å². The van der Waals surface area contributed by atoms with E-state index >= 15 is 0 Å². The Morgan fingerprint density at radius 3 is 2.43 bits per heavy atom. The standard InChI is InChI=1S/C13H7BrCl3NO3/c14-6-7-2-1-3-8(15)13(7)21-12-5-10(17)9(16)4-11(12)18(19)20/h1-5H,6H2. The Labute approximate surface area is 143 Å². The molecule has 0 spiro atoms. The number of hydrogen-bond acceptors (Lipinski definition) is 3. The zero-order valence-electron chi connectivity index (χ0n) is 10.3. The van der Waals surface area contributed by atoms with Gasteiger partial charge in [-0.3, -0.25) is 10.1 Å². The molecule has 21 heavy (non-hydrogen) atoms. The van der Waals surface area contributed by atoms with Gasteiger partial charge >= 0.3 is 5.69 Å². The molecule has 2 rings (SSSR count). The van der Waals surface area contributed by atoms with Gasteiger partial charge in [-0.25, -0.2) is 0 Å². The number of halogens is 4. The molecule has 4 nitrogen and oxygen atoms in total. The molecule has 2 aromatic rings. The first-order chi connectivity index (χ1) is 9.93. The minimum atomic E-state index is -0.595. The second-order valence-corrected chi connectivity index (χ2v) is 5.74. The Morgan fingerprint density at radius 2 is 1.81 bits per heavy atom. The van der Waals surface area contributed by atoms with E-state index in [0.717, 1.165) is 11.6 Å². The Hall–Kier alpha value is -1.01. The van der Waals surface area contributed by atoms with E-state index in [9.17, 15) is 10.1 Å². The zero-order chi connectivity index (χ0) is 15.6. The molecule has 0 bridgehead atoms. The van der Waals surface area contributed by atoms with Crippen molar-refractivity contribution in [2.45, 2.75) is 5.33 Å². The fourth-order valence-corrected chi connectivity index (χ4v) is 2.61. The molecular weight excluding hydrogens is 404 g/mol. The van der Waals surface area contributed by atoms with Crippen LogP contribution in [0.1, 0.15) is 5.56 Å². The third-order valence-electron chi connectivity index (χ3n) is 2.60. The van der Waals surface area contributed by atoms with Gasteiger partial charge in [-0.05, 0) is 6.07 Å². The van der Waals surface area contributed by atoms with Crippen LogP contribution in [-0.4, -0.2) is 4.92 Å². The summed E-state index contributed by atoms with van der Waals surface area (Å²) in [5, 5.41) is 12.2. The molecule has 0 aliphatic heterocycles. The van der Waals surface area contributed by atoms with Crippen LogP contribution < -0.4 is 4.74 Å². The van der Waals surface area contributed by atoms with Crippen molar-refractivity contribution in [2.24, 2.45) is 0 Å². The van der Waals surface area contributed by atoms with Crippen LogP contribution in [0.4, 0.5) is 5.69 Å². The topological polar surface area (TPSA) is 52.4 Å². The summed E-state index contributed by atoms with van der Waals surface area (Å²) < 4.78 is 5.61. The highest BCUT2D eigenvalue weighted by atomic mass is 79.9. The maximum absolute atomic E-state index is 11.1. The molecular formula is C13H7BrCl3NO3. The Morgan fingerprint density at radius 1 is 1.14 bits per heavy atom. The summed E-state index contributed by atoms with van der Waals surface area (Å²) in [5.41, 5.74) is 0.465. The fourth-order valence-electron chi connectivity index (χ4n) is 1.63. The third-order valence-corrected chi connectivity index (χ3v) is 4.23. The van der Waals surface area contributed by atoms with Crippen LogP contribution in [0.2, 0.25) is 15.1 Å². The highest BCUT2D eigenvalue weighted by Gasteiger charge is 2.21. The minimum absolute atomic E-state index is 0.0234. The van der Waals surface area contributed by atoms with Gasteiger partial charge in [0.2, 0.25) is 5.75 Å². The van der Waals surface area contributed by atoms with E-state index in [1.807, 2.05) is 0 Å². The molecule has 0 aliphatic rings. The van der Waals surface area contributed by atoms with Gasteiger partial charge in [-0.2, -0.15) is 0 Å². The largest absolute Gasteiger partial charge is 0.448 e. The predicted molar refractivity (Wildman–Crippen MR) is 87.3 cm³/mol. The van der Waals surface area contributed by atoms with Gasteiger partial charge in [-0.15, -0.1) is 0 Å². The fraction of sp³-hybridized carbons (Fsp3) is 0.0769. The number of rotatable bonds is 4. The SMILES string of the molecule is O=[N+]([O-])c1cc(Cl)c(Cl)cc1Oc1c(Cl)cccc1CBr. The maximum Gasteiger partial charge on any atom is 0.313 e. The Kier molecular flexibility index (Phi) is 5.32. The normalized spacial score (nSPS) is 10.5. The van der Waals surface area contributed by atoms with E-state index in [1.165, 1.54) is 6.07 Å². The zero-order valence-corrected chi connectivity index (χ0v) is 14.1. The first-order valence-electron chi connectivity index (χ1n) is 5.58. The molecule has 0 N–H and O–H groups in total. The molecule has 0 fully saturated rings. The highest BCUT2D eigenvalue weighted by molar-refractivity contribution is 9.08. The van der Waals surface area contributed by atoms with E-state index in [0.29, 0.717) is 16.1 Å². The van der Waals surface area contributed by atoms with Crippen molar-refractivity contribution >= 4 is 56.4 Å². The van der Waals surface area contributed by atoms with Gasteiger partial charge in [-0.1, -0.05) is 62.9 Å². The molecule has 0 aliphatic carbocycles. The summed E-state index contributed by atoms with van der Waals surface area (Å²) in [6, 6.07) is 7.62. The number of hydrogen-bond donors (Lipinski definition) is 0. The van der Waals surface area contributed by atoms with Crippen LogP contribution in [0.3, 0.4) is 0 Å². The van der Waals surface area contributed by atoms with Gasteiger partial charge in [0, 0.05) is 23.0 Å². The maximum atomic E-state index is 11.1. The summed E-state index contributed by atoms with van der Waals surface area (Å²) in [6.07, 6.45) is 0. The first-order valence-corrected chi connectivity index (χ1v) is 7.84. The van der Waals surface area contributed by atoms with Gasteiger partial charge in [0.05, 0.1) is 20.0 Å². The Balaban J connectivity index is 2.54. The van der Waals surface area contributed by atoms with Crippen LogP contribution in [0.15, 0.2) is 30.3 Å². The lowest BCUT2D eigenvalue weighted by atomic mass is 10.2. The summed E-state index contributed by atoms with van der Waals surface area (Å²) in [4.78, 5) is 10.5. The molecule has 110 valence electrons. The van der Waals surface area contributed by atoms with E-state index in [1.54, 1.807) is 18.2 Å². The molecule has 0 amide bonds. The Bertz CT molecular complexity index is 709. The molecule has 0 unspecified atom stereocenters. The summed E-state index contributed by atoms with van der Waals surface area (Å²) >= 11 is 21.1. The van der Waals surface area contributed by atoms with Crippen LogP contribution in [0.25, 0.3) is 0 Å². The van der Waals surface area contributed by atoms with E-state index in [4.69, 9.17) is 39.5 Å². The number of ether oxygens (including phenoxy) is 1. The summed E-state index contributed by atoms with van der Waals surface area (Å²) in [7, 11) is 0. The number of alkyl halides is 1. The van der Waals surface area contributed by atoms with E-state index in [-0.39, 0.29) is 21.5 Å². The van der Waals surface area contributed by atoms with Crippen molar-refractivity contribution in [1.29, 1.82) is 0 Å². The quantitative estimate of drug-likeness (QED) is 0.340. The highest BCUT2D eigenvalue weighted by Crippen LogP contribution is 2.41. The number of nitrogens with zero attached hydrogens (tertiary/aromatic N) is 1. The third kappa shape index (κ3) is 3.61. The smallest absolute Gasteiger partial charge is 0.313 e.